The average Bonchev–Trinajstić information content (AvgIpc) is 2.63. The molecule has 0 radical (unpaired) electrons. The highest BCUT2D eigenvalue weighted by Crippen LogP contribution is 2.30. The second-order valence-corrected chi connectivity index (χ2v) is 6.85. The van der Waals surface area contributed by atoms with Gasteiger partial charge in [0.05, 0.1) is 5.76 Å². The van der Waals surface area contributed by atoms with Crippen LogP contribution in [0.15, 0.2) is 42.7 Å². The van der Waals surface area contributed by atoms with Crippen LogP contribution in [0.3, 0.4) is 0 Å². The van der Waals surface area contributed by atoms with Gasteiger partial charge in [-0.25, -0.2) is 0 Å². The maximum absolute atomic E-state index is 10.8. The van der Waals surface area contributed by atoms with E-state index in [4.69, 9.17) is 0 Å². The molecule has 2 unspecified atom stereocenters. The van der Waals surface area contributed by atoms with Crippen LogP contribution in [0.4, 0.5) is 0 Å². The summed E-state index contributed by atoms with van der Waals surface area (Å²) in [5, 5.41) is 10.7. The Morgan fingerprint density at radius 1 is 1.28 bits per heavy atom. The third-order valence-electron chi connectivity index (χ3n) is 4.77. The van der Waals surface area contributed by atoms with Crippen LogP contribution >= 0.6 is 0 Å². The smallest absolute Gasteiger partial charge is 0.122 e. The summed E-state index contributed by atoms with van der Waals surface area (Å²) < 4.78 is 0. The number of rotatable bonds is 9. The highest BCUT2D eigenvalue weighted by Gasteiger charge is 2.15. The molecule has 0 saturated heterocycles. The van der Waals surface area contributed by atoms with Gasteiger partial charge in [-0.1, -0.05) is 51.6 Å². The number of aliphatic hydroxyl groups excluding tert-OH is 1. The van der Waals surface area contributed by atoms with E-state index in [-0.39, 0.29) is 11.8 Å². The Bertz CT molecular complexity index is 665. The first-order valence-electron chi connectivity index (χ1n) is 9.15. The van der Waals surface area contributed by atoms with Crippen LogP contribution in [0.5, 0.6) is 0 Å². The third-order valence-corrected chi connectivity index (χ3v) is 4.77. The normalized spacial score (nSPS) is 14.9. The molecule has 0 aliphatic heterocycles. The fraction of sp³-hybridized carbons (Fsp3) is 0.435. The lowest BCUT2D eigenvalue weighted by atomic mass is 9.89. The molecule has 136 valence electrons. The van der Waals surface area contributed by atoms with Gasteiger partial charge in [-0.3, -0.25) is 0 Å². The SMILES string of the molecule is C=C(/C=C\C)c1ccc(CC)c(/C(C)=C(\O)C(C)CCC(C)C=O)c1. The fourth-order valence-corrected chi connectivity index (χ4v) is 2.96. The number of hydrogen-bond acceptors (Lipinski definition) is 2. The van der Waals surface area contributed by atoms with E-state index in [1.807, 2.05) is 39.8 Å². The van der Waals surface area contributed by atoms with Crippen molar-refractivity contribution in [1.82, 2.24) is 0 Å². The van der Waals surface area contributed by atoms with Crippen LogP contribution in [0.2, 0.25) is 0 Å². The Balaban J connectivity index is 3.19. The molecule has 0 amide bonds. The summed E-state index contributed by atoms with van der Waals surface area (Å²) >= 11 is 0. The standard InChI is InChI=1S/C23H32O2/c1-7-9-17(4)21-13-12-20(8-2)22(14-21)19(6)23(25)18(5)11-10-16(3)15-24/h7,9,12-16,18,25H,4,8,10-11H2,1-3,5-6H3/b9-7-,23-19-. The lowest BCUT2D eigenvalue weighted by molar-refractivity contribution is -0.110. The first-order valence-corrected chi connectivity index (χ1v) is 9.15. The van der Waals surface area contributed by atoms with E-state index in [0.717, 1.165) is 47.8 Å². The van der Waals surface area contributed by atoms with Gasteiger partial charge in [0.1, 0.15) is 6.29 Å². The van der Waals surface area contributed by atoms with Gasteiger partial charge in [0.2, 0.25) is 0 Å². The molecular weight excluding hydrogens is 308 g/mol. The lowest BCUT2D eigenvalue weighted by Gasteiger charge is -2.18. The molecule has 0 aliphatic carbocycles. The first kappa shape index (κ1) is 21.0. The number of carbonyl (C=O) groups is 1. The number of carbonyl (C=O) groups excluding carboxylic acids is 1. The Hall–Kier alpha value is -2.09. The monoisotopic (exact) mass is 340 g/mol. The summed E-state index contributed by atoms with van der Waals surface area (Å²) in [5.41, 5.74) is 5.25. The molecule has 1 N–H and O–H groups in total. The highest BCUT2D eigenvalue weighted by molar-refractivity contribution is 5.77. The summed E-state index contributed by atoms with van der Waals surface area (Å²) in [6, 6.07) is 6.33. The van der Waals surface area contributed by atoms with Gasteiger partial charge in [-0.2, -0.15) is 0 Å². The largest absolute Gasteiger partial charge is 0.512 e. The lowest BCUT2D eigenvalue weighted by Crippen LogP contribution is -2.06. The molecule has 0 aliphatic rings. The van der Waals surface area contributed by atoms with Crippen LogP contribution in [0.1, 0.15) is 64.2 Å². The molecule has 2 heteroatoms. The van der Waals surface area contributed by atoms with E-state index >= 15 is 0 Å². The van der Waals surface area contributed by atoms with E-state index < -0.39 is 0 Å². The number of aryl methyl sites for hydroxylation is 1. The summed E-state index contributed by atoms with van der Waals surface area (Å²) in [6.45, 7) is 14.1. The van der Waals surface area contributed by atoms with Crippen LogP contribution < -0.4 is 0 Å². The Morgan fingerprint density at radius 2 is 1.96 bits per heavy atom. The number of aldehydes is 1. The van der Waals surface area contributed by atoms with Crippen LogP contribution in [0.25, 0.3) is 11.1 Å². The van der Waals surface area contributed by atoms with Crippen molar-refractivity contribution in [3.05, 3.63) is 59.4 Å². The molecule has 2 nitrogen and oxygen atoms in total. The summed E-state index contributed by atoms with van der Waals surface area (Å²) in [4.78, 5) is 10.8. The molecule has 0 bridgehead atoms. The topological polar surface area (TPSA) is 37.3 Å². The summed E-state index contributed by atoms with van der Waals surface area (Å²) in [7, 11) is 0. The maximum Gasteiger partial charge on any atom is 0.122 e. The van der Waals surface area contributed by atoms with Crippen molar-refractivity contribution >= 4 is 17.4 Å². The average molecular weight is 341 g/mol. The second-order valence-electron chi connectivity index (χ2n) is 6.85. The molecular formula is C23H32O2. The Morgan fingerprint density at radius 3 is 2.52 bits per heavy atom. The van der Waals surface area contributed by atoms with Crippen molar-refractivity contribution < 1.29 is 9.90 Å². The first-order chi connectivity index (χ1) is 11.8. The summed E-state index contributed by atoms with van der Waals surface area (Å²) in [6.07, 6.45) is 7.45. The molecule has 0 heterocycles. The van der Waals surface area contributed by atoms with Gasteiger partial charge >= 0.3 is 0 Å². The van der Waals surface area contributed by atoms with Crippen molar-refractivity contribution in [2.45, 2.75) is 53.9 Å². The van der Waals surface area contributed by atoms with Crippen LogP contribution in [-0.2, 0) is 11.2 Å². The molecule has 0 spiro atoms. The zero-order valence-electron chi connectivity index (χ0n) is 16.3. The second kappa shape index (κ2) is 10.0. The van der Waals surface area contributed by atoms with Crippen LogP contribution in [-0.4, -0.2) is 11.4 Å². The predicted octanol–water partition coefficient (Wildman–Crippen LogP) is 6.38. The van der Waals surface area contributed by atoms with Gasteiger partial charge in [0.15, 0.2) is 0 Å². The minimum atomic E-state index is 0.0363. The molecule has 1 aromatic rings. The van der Waals surface area contributed by atoms with Gasteiger partial charge in [0, 0.05) is 11.8 Å². The quantitative estimate of drug-likeness (QED) is 0.322. The van der Waals surface area contributed by atoms with Gasteiger partial charge < -0.3 is 9.90 Å². The minimum absolute atomic E-state index is 0.0363. The number of aliphatic hydroxyl groups is 1. The van der Waals surface area contributed by atoms with Gasteiger partial charge in [0.25, 0.3) is 0 Å². The van der Waals surface area contributed by atoms with E-state index in [1.165, 1.54) is 5.56 Å². The van der Waals surface area contributed by atoms with E-state index in [9.17, 15) is 9.90 Å². The highest BCUT2D eigenvalue weighted by atomic mass is 16.3. The fourth-order valence-electron chi connectivity index (χ4n) is 2.96. The molecule has 1 rings (SSSR count). The van der Waals surface area contributed by atoms with Crippen molar-refractivity contribution in [3.8, 4) is 0 Å². The zero-order chi connectivity index (χ0) is 19.0. The number of hydrogen-bond donors (Lipinski definition) is 1. The van der Waals surface area contributed by atoms with Gasteiger partial charge in [-0.15, -0.1) is 0 Å². The zero-order valence-corrected chi connectivity index (χ0v) is 16.3. The van der Waals surface area contributed by atoms with E-state index in [0.29, 0.717) is 5.76 Å². The minimum Gasteiger partial charge on any atom is -0.512 e. The Labute approximate surface area is 153 Å². The predicted molar refractivity (Wildman–Crippen MR) is 109 cm³/mol. The van der Waals surface area contributed by atoms with E-state index in [1.54, 1.807) is 0 Å². The van der Waals surface area contributed by atoms with Crippen LogP contribution in [0, 0.1) is 11.8 Å². The van der Waals surface area contributed by atoms with Crippen molar-refractivity contribution in [3.63, 3.8) is 0 Å². The van der Waals surface area contributed by atoms with Crippen molar-refractivity contribution in [1.29, 1.82) is 0 Å². The number of benzene rings is 1. The maximum atomic E-state index is 10.8. The summed E-state index contributed by atoms with van der Waals surface area (Å²) in [5.74, 6) is 0.491. The molecule has 2 atom stereocenters. The molecule has 0 fully saturated rings. The van der Waals surface area contributed by atoms with E-state index in [2.05, 4.69) is 31.7 Å². The van der Waals surface area contributed by atoms with Gasteiger partial charge in [-0.05, 0) is 67.0 Å². The Kier molecular flexibility index (Phi) is 8.40. The van der Waals surface area contributed by atoms with Crippen molar-refractivity contribution in [2.75, 3.05) is 0 Å². The molecule has 0 saturated carbocycles. The molecule has 1 aromatic carbocycles. The molecule has 25 heavy (non-hydrogen) atoms. The van der Waals surface area contributed by atoms with Crippen molar-refractivity contribution in [2.24, 2.45) is 11.8 Å². The molecule has 0 aromatic heterocycles. The number of allylic oxidation sites excluding steroid dienone is 5. The third kappa shape index (κ3) is 5.74.